The van der Waals surface area contributed by atoms with Crippen LogP contribution in [0.1, 0.15) is 70.6 Å². The molecule has 0 aromatic rings. The minimum atomic E-state index is 0.121. The van der Waals surface area contributed by atoms with Crippen LogP contribution >= 0.6 is 0 Å². The molecule has 1 saturated heterocycles. The lowest BCUT2D eigenvalue weighted by Gasteiger charge is -2.29. The van der Waals surface area contributed by atoms with Crippen molar-refractivity contribution in [3.05, 3.63) is 0 Å². The second-order valence-corrected chi connectivity index (χ2v) is 6.51. The molecule has 122 valence electrons. The number of nitrogens with one attached hydrogen (secondary N) is 1. The van der Waals surface area contributed by atoms with E-state index in [1.807, 2.05) is 4.90 Å². The predicted octanol–water partition coefficient (Wildman–Crippen LogP) is 3.70. The number of carbonyl (C=O) groups is 1. The molecule has 1 aliphatic carbocycles. The molecule has 0 radical (unpaired) electrons. The van der Waals surface area contributed by atoms with Crippen LogP contribution in [0.3, 0.4) is 0 Å². The minimum absolute atomic E-state index is 0.121. The van der Waals surface area contributed by atoms with Gasteiger partial charge in [0.05, 0.1) is 13.2 Å². The lowest BCUT2D eigenvalue weighted by atomic mass is 9.98. The van der Waals surface area contributed by atoms with Gasteiger partial charge in [-0.05, 0) is 12.8 Å². The van der Waals surface area contributed by atoms with Crippen molar-refractivity contribution in [1.29, 1.82) is 0 Å². The van der Waals surface area contributed by atoms with Crippen LogP contribution in [0.5, 0.6) is 0 Å². The number of hydrogen-bond donors (Lipinski definition) is 1. The Morgan fingerprint density at radius 2 is 1.29 bits per heavy atom. The second-order valence-electron chi connectivity index (χ2n) is 6.51. The van der Waals surface area contributed by atoms with Crippen molar-refractivity contribution in [2.45, 2.75) is 76.7 Å². The molecular formula is C17H32N2O2. The van der Waals surface area contributed by atoms with E-state index in [2.05, 4.69) is 5.32 Å². The Hall–Kier alpha value is -0.770. The summed E-state index contributed by atoms with van der Waals surface area (Å²) in [5.41, 5.74) is 0. The van der Waals surface area contributed by atoms with Crippen LogP contribution in [0, 0.1) is 0 Å². The average molecular weight is 296 g/mol. The summed E-state index contributed by atoms with van der Waals surface area (Å²) in [4.78, 5) is 14.2. The Kier molecular flexibility index (Phi) is 7.94. The van der Waals surface area contributed by atoms with E-state index >= 15 is 0 Å². The van der Waals surface area contributed by atoms with Crippen molar-refractivity contribution in [3.63, 3.8) is 0 Å². The number of carbonyl (C=O) groups excluding carboxylic acids is 1. The standard InChI is InChI=1S/C17H32N2O2/c20-17(19-12-14-21-15-13-19)18-16-10-8-6-4-2-1-3-5-7-9-11-16/h16H,1-15H2,(H,18,20). The first-order valence-corrected chi connectivity index (χ1v) is 8.99. The SMILES string of the molecule is O=C(NC1CCCCCCCCCCC1)N1CCOCC1. The number of rotatable bonds is 1. The second kappa shape index (κ2) is 10.0. The van der Waals surface area contributed by atoms with Crippen LogP contribution in [-0.2, 0) is 4.74 Å². The largest absolute Gasteiger partial charge is 0.378 e. The molecule has 2 rings (SSSR count). The van der Waals surface area contributed by atoms with Gasteiger partial charge >= 0.3 is 6.03 Å². The van der Waals surface area contributed by atoms with Crippen LogP contribution in [0.4, 0.5) is 4.79 Å². The average Bonchev–Trinajstić information content (AvgIpc) is 2.51. The Balaban J connectivity index is 1.75. The van der Waals surface area contributed by atoms with Crippen molar-refractivity contribution < 1.29 is 9.53 Å². The monoisotopic (exact) mass is 296 g/mol. The summed E-state index contributed by atoms with van der Waals surface area (Å²) in [5, 5.41) is 3.27. The number of ether oxygens (including phenoxy) is 1. The summed E-state index contributed by atoms with van der Waals surface area (Å²) in [6.07, 6.45) is 14.4. The fraction of sp³-hybridized carbons (Fsp3) is 0.941. The molecule has 1 N–H and O–H groups in total. The maximum absolute atomic E-state index is 12.3. The van der Waals surface area contributed by atoms with Gasteiger partial charge in [-0.15, -0.1) is 0 Å². The van der Waals surface area contributed by atoms with E-state index in [-0.39, 0.29) is 6.03 Å². The maximum Gasteiger partial charge on any atom is 0.317 e. The predicted molar refractivity (Wildman–Crippen MR) is 85.5 cm³/mol. The Morgan fingerprint density at radius 3 is 1.81 bits per heavy atom. The topological polar surface area (TPSA) is 41.6 Å². The number of nitrogens with zero attached hydrogens (tertiary/aromatic N) is 1. The van der Waals surface area contributed by atoms with Crippen LogP contribution < -0.4 is 5.32 Å². The highest BCUT2D eigenvalue weighted by Gasteiger charge is 2.19. The molecule has 0 bridgehead atoms. The third kappa shape index (κ3) is 6.68. The summed E-state index contributed by atoms with van der Waals surface area (Å²) in [6, 6.07) is 0.496. The Bertz CT molecular complexity index is 279. The van der Waals surface area contributed by atoms with Gasteiger partial charge in [0.25, 0.3) is 0 Å². The molecule has 4 heteroatoms. The van der Waals surface area contributed by atoms with E-state index in [0.29, 0.717) is 19.3 Å². The molecule has 2 fully saturated rings. The molecule has 1 heterocycles. The van der Waals surface area contributed by atoms with E-state index in [1.165, 1.54) is 57.8 Å². The van der Waals surface area contributed by atoms with E-state index in [0.717, 1.165) is 25.9 Å². The van der Waals surface area contributed by atoms with Gasteiger partial charge in [-0.25, -0.2) is 4.79 Å². The first-order chi connectivity index (χ1) is 10.4. The lowest BCUT2D eigenvalue weighted by Crippen LogP contribution is -2.49. The van der Waals surface area contributed by atoms with Crippen LogP contribution in [-0.4, -0.2) is 43.3 Å². The van der Waals surface area contributed by atoms with Gasteiger partial charge in [0.2, 0.25) is 0 Å². The molecule has 2 amide bonds. The van der Waals surface area contributed by atoms with E-state index < -0.39 is 0 Å². The number of urea groups is 1. The van der Waals surface area contributed by atoms with Gasteiger partial charge < -0.3 is 15.0 Å². The summed E-state index contributed by atoms with van der Waals surface area (Å²) in [7, 11) is 0. The molecule has 2 aliphatic rings. The zero-order valence-electron chi connectivity index (χ0n) is 13.4. The zero-order chi connectivity index (χ0) is 14.8. The van der Waals surface area contributed by atoms with Crippen LogP contribution in [0.15, 0.2) is 0 Å². The molecule has 0 atom stereocenters. The molecule has 1 saturated carbocycles. The molecule has 1 aliphatic heterocycles. The molecule has 0 aromatic carbocycles. The van der Waals surface area contributed by atoms with Crippen LogP contribution in [0.2, 0.25) is 0 Å². The fourth-order valence-corrected chi connectivity index (χ4v) is 3.34. The quantitative estimate of drug-likeness (QED) is 0.801. The highest BCUT2D eigenvalue weighted by Crippen LogP contribution is 2.17. The summed E-state index contributed by atoms with van der Waals surface area (Å²) in [5.74, 6) is 0. The van der Waals surface area contributed by atoms with Gasteiger partial charge in [-0.2, -0.15) is 0 Å². The van der Waals surface area contributed by atoms with Gasteiger partial charge in [0, 0.05) is 19.1 Å². The number of morpholine rings is 1. The third-order valence-corrected chi connectivity index (χ3v) is 4.73. The normalized spacial score (nSPS) is 23.9. The van der Waals surface area contributed by atoms with Crippen molar-refractivity contribution >= 4 is 6.03 Å². The molecule has 0 aromatic heterocycles. The van der Waals surface area contributed by atoms with E-state index in [9.17, 15) is 4.79 Å². The molecule has 4 nitrogen and oxygen atoms in total. The summed E-state index contributed by atoms with van der Waals surface area (Å²) in [6.45, 7) is 2.83. The Labute approximate surface area is 129 Å². The van der Waals surface area contributed by atoms with Gasteiger partial charge in [0.1, 0.15) is 0 Å². The first kappa shape index (κ1) is 16.6. The van der Waals surface area contributed by atoms with Gasteiger partial charge in [-0.1, -0.05) is 57.8 Å². The van der Waals surface area contributed by atoms with E-state index in [4.69, 9.17) is 4.74 Å². The summed E-state index contributed by atoms with van der Waals surface area (Å²) >= 11 is 0. The Morgan fingerprint density at radius 1 is 0.810 bits per heavy atom. The van der Waals surface area contributed by atoms with Crippen molar-refractivity contribution in [2.24, 2.45) is 0 Å². The molecule has 0 spiro atoms. The minimum Gasteiger partial charge on any atom is -0.378 e. The zero-order valence-corrected chi connectivity index (χ0v) is 13.4. The first-order valence-electron chi connectivity index (χ1n) is 8.99. The lowest BCUT2D eigenvalue weighted by molar-refractivity contribution is 0.0523. The summed E-state index contributed by atoms with van der Waals surface area (Å²) < 4.78 is 5.31. The number of amides is 2. The third-order valence-electron chi connectivity index (χ3n) is 4.73. The van der Waals surface area contributed by atoms with Gasteiger partial charge in [0.15, 0.2) is 0 Å². The van der Waals surface area contributed by atoms with Crippen molar-refractivity contribution in [3.8, 4) is 0 Å². The van der Waals surface area contributed by atoms with Gasteiger partial charge in [-0.3, -0.25) is 0 Å². The molecule has 21 heavy (non-hydrogen) atoms. The highest BCUT2D eigenvalue weighted by atomic mass is 16.5. The van der Waals surface area contributed by atoms with Crippen LogP contribution in [0.25, 0.3) is 0 Å². The maximum atomic E-state index is 12.3. The van der Waals surface area contributed by atoms with Crippen molar-refractivity contribution in [1.82, 2.24) is 10.2 Å². The van der Waals surface area contributed by atoms with E-state index in [1.54, 1.807) is 0 Å². The number of hydrogen-bond acceptors (Lipinski definition) is 2. The fourth-order valence-electron chi connectivity index (χ4n) is 3.34. The van der Waals surface area contributed by atoms with Crippen molar-refractivity contribution in [2.75, 3.05) is 26.3 Å². The highest BCUT2D eigenvalue weighted by molar-refractivity contribution is 5.74. The molecular weight excluding hydrogens is 264 g/mol. The molecule has 0 unspecified atom stereocenters. The smallest absolute Gasteiger partial charge is 0.317 e.